The minimum absolute atomic E-state index is 0.0344. The Morgan fingerprint density at radius 3 is 2.24 bits per heavy atom. The number of hydrogen-bond donors (Lipinski definition) is 3. The predicted molar refractivity (Wildman–Crippen MR) is 70.5 cm³/mol. The summed E-state index contributed by atoms with van der Waals surface area (Å²) < 4.78 is 0. The highest BCUT2D eigenvalue weighted by Gasteiger charge is 2.33. The first-order chi connectivity index (χ1) is 7.91. The van der Waals surface area contributed by atoms with Crippen molar-refractivity contribution in [2.24, 2.45) is 17.1 Å². The number of amides is 1. The Bertz CT molecular complexity index is 217. The summed E-state index contributed by atoms with van der Waals surface area (Å²) in [7, 11) is 0. The minimum atomic E-state index is -0.475. The van der Waals surface area contributed by atoms with E-state index in [2.05, 4.69) is 5.32 Å². The van der Waals surface area contributed by atoms with Gasteiger partial charge in [-0.1, -0.05) is 27.7 Å². The molecule has 4 heteroatoms. The largest absolute Gasteiger partial charge is 0.391 e. The first-order valence-corrected chi connectivity index (χ1v) is 6.58. The number of nitrogens with two attached hydrogens (primary N) is 1. The summed E-state index contributed by atoms with van der Waals surface area (Å²) in [5.74, 6) is 0.395. The molecule has 0 aliphatic carbocycles. The van der Waals surface area contributed by atoms with Crippen LogP contribution in [0.3, 0.4) is 0 Å². The van der Waals surface area contributed by atoms with Gasteiger partial charge >= 0.3 is 0 Å². The second kappa shape index (κ2) is 7.67. The summed E-state index contributed by atoms with van der Waals surface area (Å²) in [6.45, 7) is 8.71. The van der Waals surface area contributed by atoms with Crippen molar-refractivity contribution < 1.29 is 9.90 Å². The third-order valence-corrected chi connectivity index (χ3v) is 3.47. The first-order valence-electron chi connectivity index (χ1n) is 6.58. The maximum atomic E-state index is 12.0. The van der Waals surface area contributed by atoms with Crippen molar-refractivity contribution in [3.63, 3.8) is 0 Å². The highest BCUT2D eigenvalue weighted by Crippen LogP contribution is 2.24. The van der Waals surface area contributed by atoms with Gasteiger partial charge in [0.2, 0.25) is 5.91 Å². The standard InChI is InChI=1S/C13H28N2O2/c1-5-13(6-2,9-14)12(17)15-8-11(16)7-10(3)4/h10-11,16H,5-9,14H2,1-4H3,(H,15,17). The Labute approximate surface area is 105 Å². The molecule has 0 aliphatic heterocycles. The molecular formula is C13H28N2O2. The zero-order valence-electron chi connectivity index (χ0n) is 11.6. The molecule has 0 fully saturated rings. The van der Waals surface area contributed by atoms with Crippen LogP contribution in [0.4, 0.5) is 0 Å². The highest BCUT2D eigenvalue weighted by atomic mass is 16.3. The molecule has 0 bridgehead atoms. The lowest BCUT2D eigenvalue weighted by Gasteiger charge is -2.29. The smallest absolute Gasteiger partial charge is 0.227 e. The van der Waals surface area contributed by atoms with E-state index >= 15 is 0 Å². The van der Waals surface area contributed by atoms with Gasteiger partial charge < -0.3 is 16.2 Å². The summed E-state index contributed by atoms with van der Waals surface area (Å²) in [5.41, 5.74) is 5.22. The molecule has 1 amide bonds. The first kappa shape index (κ1) is 16.4. The molecule has 0 heterocycles. The fourth-order valence-corrected chi connectivity index (χ4v) is 1.98. The normalized spacial score (nSPS) is 13.8. The molecule has 0 spiro atoms. The Kier molecular flexibility index (Phi) is 7.39. The van der Waals surface area contributed by atoms with Crippen LogP contribution < -0.4 is 11.1 Å². The summed E-state index contributed by atoms with van der Waals surface area (Å²) in [4.78, 5) is 12.0. The number of carbonyl (C=O) groups is 1. The number of hydrogen-bond acceptors (Lipinski definition) is 3. The molecule has 0 aliphatic rings. The molecule has 1 atom stereocenters. The lowest BCUT2D eigenvalue weighted by Crippen LogP contribution is -2.47. The molecule has 17 heavy (non-hydrogen) atoms. The maximum absolute atomic E-state index is 12.0. The van der Waals surface area contributed by atoms with Crippen LogP contribution >= 0.6 is 0 Å². The van der Waals surface area contributed by atoms with Crippen molar-refractivity contribution in [2.75, 3.05) is 13.1 Å². The molecular weight excluding hydrogens is 216 g/mol. The number of carbonyl (C=O) groups excluding carboxylic acids is 1. The van der Waals surface area contributed by atoms with Crippen LogP contribution in [0.1, 0.15) is 47.0 Å². The van der Waals surface area contributed by atoms with Gasteiger partial charge in [0.05, 0.1) is 11.5 Å². The quantitative estimate of drug-likeness (QED) is 0.602. The van der Waals surface area contributed by atoms with Gasteiger partial charge in [-0.3, -0.25) is 4.79 Å². The van der Waals surface area contributed by atoms with Gasteiger partial charge in [0.25, 0.3) is 0 Å². The van der Waals surface area contributed by atoms with Gasteiger partial charge in [-0.05, 0) is 25.2 Å². The number of rotatable bonds is 8. The summed E-state index contributed by atoms with van der Waals surface area (Å²) in [5, 5.41) is 12.5. The van der Waals surface area contributed by atoms with Crippen LogP contribution in [-0.2, 0) is 4.79 Å². The van der Waals surface area contributed by atoms with E-state index in [1.165, 1.54) is 0 Å². The summed E-state index contributed by atoms with van der Waals surface area (Å²) >= 11 is 0. The van der Waals surface area contributed by atoms with Crippen LogP contribution in [-0.4, -0.2) is 30.2 Å². The lowest BCUT2D eigenvalue weighted by molar-refractivity contribution is -0.131. The second-order valence-corrected chi connectivity index (χ2v) is 5.18. The molecule has 0 saturated heterocycles. The van der Waals surface area contributed by atoms with Crippen LogP contribution in [0, 0.1) is 11.3 Å². The fourth-order valence-electron chi connectivity index (χ4n) is 1.98. The van der Waals surface area contributed by atoms with E-state index in [1.807, 2.05) is 27.7 Å². The number of aliphatic hydroxyl groups is 1. The number of aliphatic hydroxyl groups excluding tert-OH is 1. The zero-order valence-corrected chi connectivity index (χ0v) is 11.6. The van der Waals surface area contributed by atoms with E-state index in [-0.39, 0.29) is 5.91 Å². The Morgan fingerprint density at radius 1 is 1.35 bits per heavy atom. The molecule has 0 aromatic rings. The maximum Gasteiger partial charge on any atom is 0.227 e. The van der Waals surface area contributed by atoms with Crippen molar-refractivity contribution in [3.05, 3.63) is 0 Å². The average Bonchev–Trinajstić information content (AvgIpc) is 2.28. The Hall–Kier alpha value is -0.610. The zero-order chi connectivity index (χ0) is 13.5. The van der Waals surface area contributed by atoms with Crippen molar-refractivity contribution in [2.45, 2.75) is 53.1 Å². The van der Waals surface area contributed by atoms with Gasteiger partial charge in [-0.25, -0.2) is 0 Å². The van der Waals surface area contributed by atoms with E-state index in [1.54, 1.807) is 0 Å². The summed E-state index contributed by atoms with van der Waals surface area (Å²) in [6.07, 6.45) is 1.69. The third kappa shape index (κ3) is 5.04. The van der Waals surface area contributed by atoms with Crippen molar-refractivity contribution in [1.82, 2.24) is 5.32 Å². The second-order valence-electron chi connectivity index (χ2n) is 5.18. The Balaban J connectivity index is 4.24. The van der Waals surface area contributed by atoms with E-state index in [0.29, 0.717) is 25.4 Å². The Morgan fingerprint density at radius 2 is 1.88 bits per heavy atom. The molecule has 4 nitrogen and oxygen atoms in total. The fraction of sp³-hybridized carbons (Fsp3) is 0.923. The van der Waals surface area contributed by atoms with Gasteiger partial charge in [0.1, 0.15) is 0 Å². The topological polar surface area (TPSA) is 75.4 Å². The van der Waals surface area contributed by atoms with Gasteiger partial charge in [0, 0.05) is 13.1 Å². The molecule has 0 radical (unpaired) electrons. The van der Waals surface area contributed by atoms with Crippen molar-refractivity contribution in [1.29, 1.82) is 0 Å². The lowest BCUT2D eigenvalue weighted by atomic mass is 9.81. The van der Waals surface area contributed by atoms with Crippen LogP contribution in [0.2, 0.25) is 0 Å². The highest BCUT2D eigenvalue weighted by molar-refractivity contribution is 5.82. The van der Waals surface area contributed by atoms with Gasteiger partial charge in [0.15, 0.2) is 0 Å². The van der Waals surface area contributed by atoms with E-state index in [4.69, 9.17) is 5.73 Å². The van der Waals surface area contributed by atoms with E-state index in [0.717, 1.165) is 12.8 Å². The van der Waals surface area contributed by atoms with E-state index in [9.17, 15) is 9.90 Å². The summed E-state index contributed by atoms with van der Waals surface area (Å²) in [6, 6.07) is 0. The number of nitrogens with one attached hydrogen (secondary N) is 1. The van der Waals surface area contributed by atoms with Crippen LogP contribution in [0.25, 0.3) is 0 Å². The molecule has 0 saturated carbocycles. The van der Waals surface area contributed by atoms with E-state index < -0.39 is 11.5 Å². The SMILES string of the molecule is CCC(CC)(CN)C(=O)NCC(O)CC(C)C. The van der Waals surface area contributed by atoms with Crippen LogP contribution in [0.5, 0.6) is 0 Å². The molecule has 4 N–H and O–H groups in total. The van der Waals surface area contributed by atoms with Gasteiger partial charge in [-0.15, -0.1) is 0 Å². The molecule has 0 aromatic carbocycles. The minimum Gasteiger partial charge on any atom is -0.391 e. The average molecular weight is 244 g/mol. The molecule has 0 rings (SSSR count). The third-order valence-electron chi connectivity index (χ3n) is 3.47. The predicted octanol–water partition coefficient (Wildman–Crippen LogP) is 1.27. The van der Waals surface area contributed by atoms with Gasteiger partial charge in [-0.2, -0.15) is 0 Å². The van der Waals surface area contributed by atoms with Crippen molar-refractivity contribution in [3.8, 4) is 0 Å². The van der Waals surface area contributed by atoms with Crippen LogP contribution in [0.15, 0.2) is 0 Å². The molecule has 102 valence electrons. The monoisotopic (exact) mass is 244 g/mol. The molecule has 0 aromatic heterocycles. The molecule has 1 unspecified atom stereocenters. The van der Waals surface area contributed by atoms with Crippen molar-refractivity contribution >= 4 is 5.91 Å².